The summed E-state index contributed by atoms with van der Waals surface area (Å²) in [5.41, 5.74) is 3.39. The highest BCUT2D eigenvalue weighted by molar-refractivity contribution is 7.99. The van der Waals surface area contributed by atoms with E-state index in [1.165, 1.54) is 11.4 Å². The van der Waals surface area contributed by atoms with Crippen LogP contribution < -0.4 is 0 Å². The van der Waals surface area contributed by atoms with Crippen molar-refractivity contribution in [2.45, 2.75) is 49.4 Å². The Hall–Kier alpha value is -1.19. The molecule has 0 saturated heterocycles. The van der Waals surface area contributed by atoms with E-state index in [0.717, 1.165) is 39.8 Å². The minimum Gasteiger partial charge on any atom is -0.347 e. The molecule has 1 aliphatic carbocycles. The lowest BCUT2D eigenvalue weighted by Gasteiger charge is -2.14. The maximum absolute atomic E-state index is 12.4. The molecule has 1 aliphatic rings. The van der Waals surface area contributed by atoms with Gasteiger partial charge in [0, 0.05) is 39.2 Å². The molecule has 4 heteroatoms. The minimum absolute atomic E-state index is 0.294. The largest absolute Gasteiger partial charge is 0.347 e. The van der Waals surface area contributed by atoms with Gasteiger partial charge in [-0.25, -0.2) is 0 Å². The van der Waals surface area contributed by atoms with Crippen molar-refractivity contribution >= 4 is 29.1 Å². The normalized spacial score (nSPS) is 14.3. The van der Waals surface area contributed by atoms with Gasteiger partial charge in [-0.2, -0.15) is 0 Å². The summed E-state index contributed by atoms with van der Waals surface area (Å²) in [5, 5.41) is 0.736. The zero-order valence-corrected chi connectivity index (χ0v) is 13.9. The van der Waals surface area contributed by atoms with Crippen LogP contribution in [0.1, 0.15) is 41.5 Å². The number of Topliss-reactive ketones (excluding diaryl/α,β-unsaturated/α-hetero) is 1. The second-order valence-electron chi connectivity index (χ2n) is 5.31. The van der Waals surface area contributed by atoms with Gasteiger partial charge in [0.05, 0.1) is 5.56 Å². The van der Waals surface area contributed by atoms with Crippen LogP contribution in [0.3, 0.4) is 0 Å². The van der Waals surface area contributed by atoms with Gasteiger partial charge in [-0.05, 0) is 51.0 Å². The van der Waals surface area contributed by atoms with Gasteiger partial charge in [0.2, 0.25) is 0 Å². The molecule has 0 aliphatic heterocycles. The van der Waals surface area contributed by atoms with Gasteiger partial charge < -0.3 is 4.57 Å². The Bertz CT molecular complexity index is 688. The van der Waals surface area contributed by atoms with Crippen LogP contribution in [-0.2, 0) is 13.0 Å². The molecule has 0 amide bonds. The molecule has 3 rings (SSSR count). The number of carbonyl (C=O) groups is 1. The van der Waals surface area contributed by atoms with Crippen molar-refractivity contribution in [3.8, 4) is 0 Å². The lowest BCUT2D eigenvalue weighted by Crippen LogP contribution is -2.13. The van der Waals surface area contributed by atoms with E-state index in [0.29, 0.717) is 12.2 Å². The van der Waals surface area contributed by atoms with E-state index in [2.05, 4.69) is 18.4 Å². The molecular formula is C17H18ClNOS. The average molecular weight is 320 g/mol. The highest BCUT2D eigenvalue weighted by atomic mass is 35.5. The van der Waals surface area contributed by atoms with E-state index in [1.54, 1.807) is 11.8 Å². The van der Waals surface area contributed by atoms with Gasteiger partial charge in [-0.15, -0.1) is 0 Å². The lowest BCUT2D eigenvalue weighted by molar-refractivity contribution is 0.0969. The summed E-state index contributed by atoms with van der Waals surface area (Å²) in [5.74, 6) is 0.294. The summed E-state index contributed by atoms with van der Waals surface area (Å²) in [6, 6.07) is 7.81. The van der Waals surface area contributed by atoms with E-state index in [1.807, 2.05) is 24.3 Å². The number of ketones is 1. The van der Waals surface area contributed by atoms with Crippen molar-refractivity contribution in [1.29, 1.82) is 0 Å². The number of carbonyl (C=O) groups excluding carboxylic acids is 1. The molecule has 1 heterocycles. The molecule has 0 bridgehead atoms. The molecular weight excluding hydrogens is 302 g/mol. The molecule has 0 radical (unpaired) electrons. The Morgan fingerprint density at radius 2 is 1.95 bits per heavy atom. The average Bonchev–Trinajstić information content (AvgIpc) is 2.75. The fourth-order valence-corrected chi connectivity index (χ4v) is 4.26. The van der Waals surface area contributed by atoms with Crippen LogP contribution in [0, 0.1) is 6.92 Å². The number of rotatable bonds is 3. The molecule has 0 fully saturated rings. The Morgan fingerprint density at radius 3 is 2.62 bits per heavy atom. The highest BCUT2D eigenvalue weighted by Crippen LogP contribution is 2.40. The molecule has 1 aromatic carbocycles. The monoisotopic (exact) mass is 319 g/mol. The van der Waals surface area contributed by atoms with Crippen LogP contribution in [0.4, 0.5) is 0 Å². The maximum atomic E-state index is 12.4. The van der Waals surface area contributed by atoms with E-state index < -0.39 is 0 Å². The highest BCUT2D eigenvalue weighted by Gasteiger charge is 2.28. The number of benzene rings is 1. The van der Waals surface area contributed by atoms with Crippen molar-refractivity contribution in [2.24, 2.45) is 0 Å². The summed E-state index contributed by atoms with van der Waals surface area (Å²) in [6.07, 6.45) is 2.66. The van der Waals surface area contributed by atoms with Crippen molar-refractivity contribution in [2.75, 3.05) is 0 Å². The summed E-state index contributed by atoms with van der Waals surface area (Å²) in [4.78, 5) is 14.6. The summed E-state index contributed by atoms with van der Waals surface area (Å²) in [6.45, 7) is 5.18. The summed E-state index contributed by atoms with van der Waals surface area (Å²) in [7, 11) is 0. The predicted octanol–water partition coefficient (Wildman–Crippen LogP) is 5.14. The topological polar surface area (TPSA) is 22.0 Å². The lowest BCUT2D eigenvalue weighted by atomic mass is 9.96. The predicted molar refractivity (Wildman–Crippen MR) is 87.7 cm³/mol. The Balaban J connectivity index is 2.07. The first-order valence-electron chi connectivity index (χ1n) is 7.30. The fourth-order valence-electron chi connectivity index (χ4n) is 3.03. The first-order valence-corrected chi connectivity index (χ1v) is 8.49. The van der Waals surface area contributed by atoms with Crippen molar-refractivity contribution in [3.05, 3.63) is 46.2 Å². The van der Waals surface area contributed by atoms with Crippen molar-refractivity contribution in [3.63, 3.8) is 0 Å². The van der Waals surface area contributed by atoms with Gasteiger partial charge in [0.15, 0.2) is 5.78 Å². The molecule has 21 heavy (non-hydrogen) atoms. The van der Waals surface area contributed by atoms with E-state index >= 15 is 0 Å². The van der Waals surface area contributed by atoms with Crippen LogP contribution in [0.25, 0.3) is 0 Å². The zero-order chi connectivity index (χ0) is 15.0. The first-order chi connectivity index (χ1) is 10.1. The van der Waals surface area contributed by atoms with E-state index in [-0.39, 0.29) is 0 Å². The number of halogens is 1. The SMILES string of the molecule is CCn1c(C)c(Sc2ccc(Cl)cc2)c2c1CCCC2=O. The number of hydrogen-bond acceptors (Lipinski definition) is 2. The van der Waals surface area contributed by atoms with Crippen molar-refractivity contribution in [1.82, 2.24) is 4.57 Å². The van der Waals surface area contributed by atoms with E-state index in [4.69, 9.17) is 11.6 Å². The Morgan fingerprint density at radius 1 is 1.24 bits per heavy atom. The van der Waals surface area contributed by atoms with Gasteiger partial charge in [-0.3, -0.25) is 4.79 Å². The quantitative estimate of drug-likeness (QED) is 0.781. The molecule has 2 nitrogen and oxygen atoms in total. The number of aromatic nitrogens is 1. The molecule has 0 saturated carbocycles. The third-order valence-electron chi connectivity index (χ3n) is 4.02. The van der Waals surface area contributed by atoms with Crippen LogP contribution in [0.15, 0.2) is 34.1 Å². The molecule has 0 unspecified atom stereocenters. The summed E-state index contributed by atoms with van der Waals surface area (Å²) >= 11 is 7.62. The van der Waals surface area contributed by atoms with Gasteiger partial charge in [-0.1, -0.05) is 23.4 Å². The second kappa shape index (κ2) is 5.90. The molecule has 1 aromatic heterocycles. The van der Waals surface area contributed by atoms with Crippen LogP contribution >= 0.6 is 23.4 Å². The van der Waals surface area contributed by atoms with Gasteiger partial charge in [0.1, 0.15) is 0 Å². The molecule has 110 valence electrons. The minimum atomic E-state index is 0.294. The smallest absolute Gasteiger partial charge is 0.165 e. The number of hydrogen-bond donors (Lipinski definition) is 0. The Kier molecular flexibility index (Phi) is 4.14. The van der Waals surface area contributed by atoms with Crippen LogP contribution in [0.2, 0.25) is 5.02 Å². The maximum Gasteiger partial charge on any atom is 0.165 e. The standard InChI is InChI=1S/C17H18ClNOS/c1-3-19-11(2)17(16-14(19)5-4-6-15(16)20)21-13-9-7-12(18)8-10-13/h7-10H,3-6H2,1-2H3. The summed E-state index contributed by atoms with van der Waals surface area (Å²) < 4.78 is 2.30. The molecule has 0 atom stereocenters. The van der Waals surface area contributed by atoms with Crippen LogP contribution in [0.5, 0.6) is 0 Å². The molecule has 2 aromatic rings. The van der Waals surface area contributed by atoms with Crippen molar-refractivity contribution < 1.29 is 4.79 Å². The van der Waals surface area contributed by atoms with Gasteiger partial charge >= 0.3 is 0 Å². The first kappa shape index (κ1) is 14.7. The van der Waals surface area contributed by atoms with E-state index in [9.17, 15) is 4.79 Å². The second-order valence-corrected chi connectivity index (χ2v) is 6.83. The molecule has 0 spiro atoms. The fraction of sp³-hybridized carbons (Fsp3) is 0.353. The van der Waals surface area contributed by atoms with Gasteiger partial charge in [0.25, 0.3) is 0 Å². The zero-order valence-electron chi connectivity index (χ0n) is 12.3. The van der Waals surface area contributed by atoms with Crippen LogP contribution in [-0.4, -0.2) is 10.4 Å². The Labute approximate surface area is 134 Å². The molecule has 0 N–H and O–H groups in total. The number of fused-ring (bicyclic) bond motifs is 1. The number of nitrogens with zero attached hydrogens (tertiary/aromatic N) is 1. The third kappa shape index (κ3) is 2.65. The third-order valence-corrected chi connectivity index (χ3v) is 5.48.